The van der Waals surface area contributed by atoms with E-state index in [1.807, 2.05) is 36.0 Å². The van der Waals surface area contributed by atoms with E-state index >= 15 is 0 Å². The van der Waals surface area contributed by atoms with Gasteiger partial charge in [0.15, 0.2) is 5.82 Å². The minimum atomic E-state index is -0.910. The zero-order chi connectivity index (χ0) is 15.3. The minimum Gasteiger partial charge on any atom is -0.336 e. The van der Waals surface area contributed by atoms with Crippen LogP contribution in [0.25, 0.3) is 22.4 Å². The van der Waals surface area contributed by atoms with Gasteiger partial charge in [-0.25, -0.2) is 15.0 Å². The summed E-state index contributed by atoms with van der Waals surface area (Å²) in [5.74, 6) is 0.674. The molecule has 1 aliphatic rings. The van der Waals surface area contributed by atoms with E-state index in [1.54, 1.807) is 18.6 Å². The van der Waals surface area contributed by atoms with E-state index in [-0.39, 0.29) is 4.75 Å². The van der Waals surface area contributed by atoms with Crippen molar-refractivity contribution in [1.82, 2.24) is 19.5 Å². The second-order valence-electron chi connectivity index (χ2n) is 5.74. The highest BCUT2D eigenvalue weighted by molar-refractivity contribution is 7.85. The molecule has 4 rings (SSSR count). The molecule has 0 radical (unpaired) electrons. The highest BCUT2D eigenvalue weighted by atomic mass is 32.2. The van der Waals surface area contributed by atoms with Crippen LogP contribution in [0.15, 0.2) is 36.8 Å². The molecule has 1 aliphatic carbocycles. The first kappa shape index (κ1) is 13.6. The number of rotatable bonds is 3. The Kier molecular flexibility index (Phi) is 2.91. The molecule has 0 saturated heterocycles. The van der Waals surface area contributed by atoms with E-state index in [0.717, 1.165) is 35.1 Å². The minimum absolute atomic E-state index is 0.263. The lowest BCUT2D eigenvalue weighted by Gasteiger charge is -2.12. The maximum atomic E-state index is 12.0. The number of fused-ring (bicyclic) bond motifs is 1. The molecule has 5 nitrogen and oxygen atoms in total. The molecule has 3 heterocycles. The summed E-state index contributed by atoms with van der Waals surface area (Å²) in [7, 11) is 1.06. The number of hydrogen-bond donors (Lipinski definition) is 0. The Bertz CT molecular complexity index is 898. The maximum absolute atomic E-state index is 12.0. The average Bonchev–Trinajstić information content (AvgIpc) is 3.27. The molecule has 0 N–H and O–H groups in total. The first-order valence-electron chi connectivity index (χ1n) is 7.19. The molecule has 1 saturated carbocycles. The molecule has 0 amide bonds. The van der Waals surface area contributed by atoms with Crippen molar-refractivity contribution in [3.63, 3.8) is 0 Å². The van der Waals surface area contributed by atoms with Crippen molar-refractivity contribution in [2.24, 2.45) is 7.05 Å². The van der Waals surface area contributed by atoms with Gasteiger partial charge in [-0.3, -0.25) is 4.21 Å². The predicted octanol–water partition coefficient (Wildman–Crippen LogP) is 2.40. The van der Waals surface area contributed by atoms with Crippen LogP contribution in [0.1, 0.15) is 18.5 Å². The zero-order valence-corrected chi connectivity index (χ0v) is 13.3. The molecule has 1 atom stereocenters. The standard InChI is InChI=1S/C16H16N4OS/c1-20-10-5-12-11(3-8-18-15(12)20)14-17-9-4-13(19-14)16(6-7-16)22(2)21/h3-5,8-10H,6-7H2,1-2H3. The summed E-state index contributed by atoms with van der Waals surface area (Å²) >= 11 is 0. The van der Waals surface area contributed by atoms with Crippen LogP contribution in [0.5, 0.6) is 0 Å². The fourth-order valence-electron chi connectivity index (χ4n) is 2.91. The number of pyridine rings is 1. The van der Waals surface area contributed by atoms with Crippen LogP contribution in [-0.4, -0.2) is 30.0 Å². The van der Waals surface area contributed by atoms with Crippen LogP contribution in [0, 0.1) is 0 Å². The van der Waals surface area contributed by atoms with Gasteiger partial charge in [-0.05, 0) is 31.0 Å². The molecule has 6 heteroatoms. The van der Waals surface area contributed by atoms with Crippen molar-refractivity contribution in [1.29, 1.82) is 0 Å². The third-order valence-electron chi connectivity index (χ3n) is 4.39. The van der Waals surface area contributed by atoms with E-state index < -0.39 is 10.8 Å². The van der Waals surface area contributed by atoms with Crippen molar-refractivity contribution >= 4 is 21.8 Å². The number of hydrogen-bond acceptors (Lipinski definition) is 4. The predicted molar refractivity (Wildman–Crippen MR) is 86.7 cm³/mol. The summed E-state index contributed by atoms with van der Waals surface area (Å²) in [5, 5.41) is 1.03. The molecule has 1 unspecified atom stereocenters. The summed E-state index contributed by atoms with van der Waals surface area (Å²) in [4.78, 5) is 13.5. The molecular formula is C16H16N4OS. The molecular weight excluding hydrogens is 296 g/mol. The Labute approximate surface area is 130 Å². The normalized spacial score (nSPS) is 17.5. The van der Waals surface area contributed by atoms with Crippen LogP contribution < -0.4 is 0 Å². The van der Waals surface area contributed by atoms with E-state index in [9.17, 15) is 4.21 Å². The van der Waals surface area contributed by atoms with Crippen molar-refractivity contribution < 1.29 is 4.21 Å². The van der Waals surface area contributed by atoms with E-state index in [1.165, 1.54) is 0 Å². The Morgan fingerprint density at radius 1 is 1.18 bits per heavy atom. The SMILES string of the molecule is Cn1ccc2c(-c3nccc(C4(S(C)=O)CC4)n3)ccnc21. The number of nitrogens with zero attached hydrogens (tertiary/aromatic N) is 4. The largest absolute Gasteiger partial charge is 0.336 e. The van der Waals surface area contributed by atoms with Gasteiger partial charge in [-0.1, -0.05) is 0 Å². The number of aryl methyl sites for hydroxylation is 1. The summed E-state index contributed by atoms with van der Waals surface area (Å²) in [5.41, 5.74) is 2.76. The molecule has 3 aromatic rings. The Hall–Kier alpha value is -2.08. The second kappa shape index (κ2) is 4.71. The summed E-state index contributed by atoms with van der Waals surface area (Å²) < 4.78 is 13.7. The maximum Gasteiger partial charge on any atom is 0.160 e. The van der Waals surface area contributed by atoms with Gasteiger partial charge >= 0.3 is 0 Å². The fourth-order valence-corrected chi connectivity index (χ4v) is 3.99. The molecule has 22 heavy (non-hydrogen) atoms. The third-order valence-corrected chi connectivity index (χ3v) is 6.10. The van der Waals surface area contributed by atoms with Crippen LogP contribution in [0.3, 0.4) is 0 Å². The quantitative estimate of drug-likeness (QED) is 0.745. The van der Waals surface area contributed by atoms with Crippen LogP contribution in [-0.2, 0) is 22.6 Å². The lowest BCUT2D eigenvalue weighted by molar-refractivity contribution is 0.673. The van der Waals surface area contributed by atoms with Crippen molar-refractivity contribution in [2.75, 3.05) is 6.26 Å². The molecule has 3 aromatic heterocycles. The van der Waals surface area contributed by atoms with Gasteiger partial charge in [0.25, 0.3) is 0 Å². The zero-order valence-electron chi connectivity index (χ0n) is 12.5. The van der Waals surface area contributed by atoms with Gasteiger partial charge in [0.1, 0.15) is 5.65 Å². The highest BCUT2D eigenvalue weighted by Crippen LogP contribution is 2.50. The van der Waals surface area contributed by atoms with Crippen LogP contribution in [0.4, 0.5) is 0 Å². The second-order valence-corrected chi connectivity index (χ2v) is 7.43. The molecule has 112 valence electrons. The van der Waals surface area contributed by atoms with E-state index in [2.05, 4.69) is 9.97 Å². The molecule has 0 spiro atoms. The first-order chi connectivity index (χ1) is 10.6. The summed E-state index contributed by atoms with van der Waals surface area (Å²) in [6.45, 7) is 0. The van der Waals surface area contributed by atoms with Gasteiger partial charge < -0.3 is 4.57 Å². The number of aromatic nitrogens is 4. The highest BCUT2D eigenvalue weighted by Gasteiger charge is 2.49. The van der Waals surface area contributed by atoms with E-state index in [0.29, 0.717) is 5.82 Å². The summed E-state index contributed by atoms with van der Waals surface area (Å²) in [6.07, 6.45) is 9.15. The lowest BCUT2D eigenvalue weighted by Crippen LogP contribution is -2.15. The average molecular weight is 312 g/mol. The monoisotopic (exact) mass is 312 g/mol. The van der Waals surface area contributed by atoms with Gasteiger partial charge in [-0.2, -0.15) is 0 Å². The van der Waals surface area contributed by atoms with Gasteiger partial charge in [-0.15, -0.1) is 0 Å². The Morgan fingerprint density at radius 2 is 1.95 bits per heavy atom. The van der Waals surface area contributed by atoms with Crippen molar-refractivity contribution in [3.8, 4) is 11.4 Å². The molecule has 0 aromatic carbocycles. The molecule has 1 fully saturated rings. The van der Waals surface area contributed by atoms with Crippen LogP contribution in [0.2, 0.25) is 0 Å². The fraction of sp³-hybridized carbons (Fsp3) is 0.312. The van der Waals surface area contributed by atoms with Gasteiger partial charge in [0.2, 0.25) is 0 Å². The summed E-state index contributed by atoms with van der Waals surface area (Å²) in [6, 6.07) is 5.85. The van der Waals surface area contributed by atoms with Gasteiger partial charge in [0.05, 0.1) is 10.4 Å². The van der Waals surface area contributed by atoms with Gasteiger partial charge in [0, 0.05) is 53.6 Å². The molecule has 0 bridgehead atoms. The molecule has 0 aliphatic heterocycles. The third kappa shape index (κ3) is 1.90. The topological polar surface area (TPSA) is 60.7 Å². The Morgan fingerprint density at radius 3 is 2.68 bits per heavy atom. The van der Waals surface area contributed by atoms with Crippen LogP contribution >= 0.6 is 0 Å². The first-order valence-corrected chi connectivity index (χ1v) is 8.75. The Balaban J connectivity index is 1.88. The lowest BCUT2D eigenvalue weighted by atomic mass is 10.1. The smallest absolute Gasteiger partial charge is 0.160 e. The van der Waals surface area contributed by atoms with E-state index in [4.69, 9.17) is 4.98 Å². The van der Waals surface area contributed by atoms with Crippen molar-refractivity contribution in [2.45, 2.75) is 17.6 Å². The van der Waals surface area contributed by atoms with Crippen molar-refractivity contribution in [3.05, 3.63) is 42.5 Å².